The standard InChI is InChI=1S/C12H18FNO/c1-3-14-8-11(9-15-2)10-4-6-12(13)7-5-10/h4-7,11,14H,3,8-9H2,1-2H3. The highest BCUT2D eigenvalue weighted by molar-refractivity contribution is 5.20. The maximum atomic E-state index is 12.7. The van der Waals surface area contributed by atoms with Gasteiger partial charge in [-0.1, -0.05) is 19.1 Å². The van der Waals surface area contributed by atoms with Crippen LogP contribution < -0.4 is 5.32 Å². The Morgan fingerprint density at radius 2 is 2.00 bits per heavy atom. The smallest absolute Gasteiger partial charge is 0.123 e. The van der Waals surface area contributed by atoms with Crippen LogP contribution in [0.3, 0.4) is 0 Å². The van der Waals surface area contributed by atoms with Crippen molar-refractivity contribution < 1.29 is 9.13 Å². The number of benzene rings is 1. The first-order valence-corrected chi connectivity index (χ1v) is 5.23. The van der Waals surface area contributed by atoms with Crippen molar-refractivity contribution in [3.63, 3.8) is 0 Å². The summed E-state index contributed by atoms with van der Waals surface area (Å²) >= 11 is 0. The number of nitrogens with one attached hydrogen (secondary N) is 1. The van der Waals surface area contributed by atoms with Crippen LogP contribution in [0.1, 0.15) is 18.4 Å². The molecule has 0 fully saturated rings. The zero-order valence-electron chi connectivity index (χ0n) is 9.29. The Labute approximate surface area is 90.4 Å². The van der Waals surface area contributed by atoms with E-state index in [9.17, 15) is 4.39 Å². The lowest BCUT2D eigenvalue weighted by molar-refractivity contribution is 0.178. The second kappa shape index (κ2) is 6.53. The molecule has 0 saturated carbocycles. The molecule has 0 amide bonds. The van der Waals surface area contributed by atoms with E-state index in [1.165, 1.54) is 12.1 Å². The molecule has 0 spiro atoms. The summed E-state index contributed by atoms with van der Waals surface area (Å²) in [7, 11) is 1.68. The maximum absolute atomic E-state index is 12.7. The fourth-order valence-electron chi connectivity index (χ4n) is 1.53. The average Bonchev–Trinajstić information content (AvgIpc) is 2.25. The van der Waals surface area contributed by atoms with Gasteiger partial charge in [-0.05, 0) is 24.2 Å². The van der Waals surface area contributed by atoms with Crippen molar-refractivity contribution in [1.29, 1.82) is 0 Å². The average molecular weight is 211 g/mol. The van der Waals surface area contributed by atoms with E-state index in [1.54, 1.807) is 7.11 Å². The topological polar surface area (TPSA) is 21.3 Å². The van der Waals surface area contributed by atoms with Crippen LogP contribution in [0.4, 0.5) is 4.39 Å². The van der Waals surface area contributed by atoms with Crippen LogP contribution >= 0.6 is 0 Å². The highest BCUT2D eigenvalue weighted by Crippen LogP contribution is 2.15. The van der Waals surface area contributed by atoms with Crippen LogP contribution in [0.15, 0.2) is 24.3 Å². The van der Waals surface area contributed by atoms with Crippen LogP contribution in [0.5, 0.6) is 0 Å². The van der Waals surface area contributed by atoms with Crippen LogP contribution in [-0.4, -0.2) is 26.8 Å². The van der Waals surface area contributed by atoms with Crippen molar-refractivity contribution in [2.24, 2.45) is 0 Å². The SMILES string of the molecule is CCNCC(COC)c1ccc(F)cc1. The minimum Gasteiger partial charge on any atom is -0.384 e. The number of hydrogen-bond donors (Lipinski definition) is 1. The number of halogens is 1. The highest BCUT2D eigenvalue weighted by Gasteiger charge is 2.10. The van der Waals surface area contributed by atoms with Gasteiger partial charge >= 0.3 is 0 Å². The van der Waals surface area contributed by atoms with Gasteiger partial charge in [0.2, 0.25) is 0 Å². The molecule has 0 radical (unpaired) electrons. The fraction of sp³-hybridized carbons (Fsp3) is 0.500. The predicted octanol–water partition coefficient (Wildman–Crippen LogP) is 2.17. The Morgan fingerprint density at radius 3 is 2.53 bits per heavy atom. The summed E-state index contributed by atoms with van der Waals surface area (Å²) in [6, 6.07) is 6.61. The Morgan fingerprint density at radius 1 is 1.33 bits per heavy atom. The molecular formula is C12H18FNO. The van der Waals surface area contributed by atoms with E-state index in [2.05, 4.69) is 12.2 Å². The first-order chi connectivity index (χ1) is 7.27. The first-order valence-electron chi connectivity index (χ1n) is 5.23. The molecule has 0 bridgehead atoms. The molecule has 0 aliphatic carbocycles. The zero-order valence-corrected chi connectivity index (χ0v) is 9.29. The van der Waals surface area contributed by atoms with Gasteiger partial charge in [-0.2, -0.15) is 0 Å². The van der Waals surface area contributed by atoms with E-state index in [0.29, 0.717) is 6.61 Å². The van der Waals surface area contributed by atoms with Gasteiger partial charge < -0.3 is 10.1 Å². The van der Waals surface area contributed by atoms with Crippen molar-refractivity contribution in [3.05, 3.63) is 35.6 Å². The molecule has 1 aromatic rings. The molecule has 0 saturated heterocycles. The third-order valence-corrected chi connectivity index (χ3v) is 2.35. The normalized spacial score (nSPS) is 12.7. The molecule has 1 N–H and O–H groups in total. The summed E-state index contributed by atoms with van der Waals surface area (Å²) < 4.78 is 17.9. The van der Waals surface area contributed by atoms with Crippen molar-refractivity contribution in [2.75, 3.05) is 26.8 Å². The second-order valence-electron chi connectivity index (χ2n) is 3.51. The molecule has 3 heteroatoms. The Hall–Kier alpha value is -0.930. The van der Waals surface area contributed by atoms with Gasteiger partial charge in [0.15, 0.2) is 0 Å². The van der Waals surface area contributed by atoms with Crippen LogP contribution in [-0.2, 0) is 4.74 Å². The van der Waals surface area contributed by atoms with Gasteiger partial charge in [-0.15, -0.1) is 0 Å². The Bertz CT molecular complexity index is 273. The highest BCUT2D eigenvalue weighted by atomic mass is 19.1. The number of methoxy groups -OCH3 is 1. The van der Waals surface area contributed by atoms with Gasteiger partial charge in [0.05, 0.1) is 6.61 Å². The minimum atomic E-state index is -0.196. The summed E-state index contributed by atoms with van der Waals surface area (Å²) in [4.78, 5) is 0. The maximum Gasteiger partial charge on any atom is 0.123 e. The summed E-state index contributed by atoms with van der Waals surface area (Å²) in [5.74, 6) is 0.0916. The van der Waals surface area contributed by atoms with E-state index >= 15 is 0 Å². The quantitative estimate of drug-likeness (QED) is 0.778. The molecule has 84 valence electrons. The molecule has 0 aliphatic rings. The molecule has 0 heterocycles. The van der Waals surface area contributed by atoms with Crippen molar-refractivity contribution >= 4 is 0 Å². The van der Waals surface area contributed by atoms with Crippen LogP contribution in [0.2, 0.25) is 0 Å². The third-order valence-electron chi connectivity index (χ3n) is 2.35. The van der Waals surface area contributed by atoms with Gasteiger partial charge in [-0.25, -0.2) is 4.39 Å². The van der Waals surface area contributed by atoms with E-state index < -0.39 is 0 Å². The number of rotatable bonds is 6. The summed E-state index contributed by atoms with van der Waals surface area (Å²) in [6.45, 7) is 4.50. The molecule has 0 aromatic heterocycles. The largest absolute Gasteiger partial charge is 0.384 e. The molecule has 15 heavy (non-hydrogen) atoms. The van der Waals surface area contributed by atoms with Crippen LogP contribution in [0, 0.1) is 5.82 Å². The van der Waals surface area contributed by atoms with Crippen molar-refractivity contribution in [2.45, 2.75) is 12.8 Å². The lowest BCUT2D eigenvalue weighted by Gasteiger charge is -2.16. The Kier molecular flexibility index (Phi) is 5.29. The molecule has 0 aliphatic heterocycles. The predicted molar refractivity (Wildman–Crippen MR) is 59.6 cm³/mol. The van der Waals surface area contributed by atoms with E-state index in [-0.39, 0.29) is 11.7 Å². The minimum absolute atomic E-state index is 0.196. The summed E-state index contributed by atoms with van der Waals surface area (Å²) in [5.41, 5.74) is 1.11. The van der Waals surface area contributed by atoms with Gasteiger partial charge in [0.25, 0.3) is 0 Å². The first kappa shape index (κ1) is 12.1. The summed E-state index contributed by atoms with van der Waals surface area (Å²) in [5, 5.41) is 3.27. The Balaban J connectivity index is 2.65. The molecule has 1 unspecified atom stereocenters. The van der Waals surface area contributed by atoms with Gasteiger partial charge in [0, 0.05) is 19.6 Å². The lowest BCUT2D eigenvalue weighted by Crippen LogP contribution is -2.24. The van der Waals surface area contributed by atoms with E-state index in [0.717, 1.165) is 18.7 Å². The van der Waals surface area contributed by atoms with Crippen molar-refractivity contribution in [1.82, 2.24) is 5.32 Å². The monoisotopic (exact) mass is 211 g/mol. The number of hydrogen-bond acceptors (Lipinski definition) is 2. The fourth-order valence-corrected chi connectivity index (χ4v) is 1.53. The third kappa shape index (κ3) is 3.98. The molecule has 2 nitrogen and oxygen atoms in total. The van der Waals surface area contributed by atoms with Crippen molar-refractivity contribution in [3.8, 4) is 0 Å². The summed E-state index contributed by atoms with van der Waals surface area (Å²) in [6.07, 6.45) is 0. The second-order valence-corrected chi connectivity index (χ2v) is 3.51. The molecule has 1 aromatic carbocycles. The molecule has 1 atom stereocenters. The zero-order chi connectivity index (χ0) is 11.1. The number of likely N-dealkylation sites (N-methyl/N-ethyl adjacent to an activating group) is 1. The van der Waals surface area contributed by atoms with Crippen LogP contribution in [0.25, 0.3) is 0 Å². The van der Waals surface area contributed by atoms with E-state index in [4.69, 9.17) is 4.74 Å². The molecular weight excluding hydrogens is 193 g/mol. The van der Waals surface area contributed by atoms with E-state index in [1.807, 2.05) is 12.1 Å². The number of ether oxygens (including phenoxy) is 1. The molecule has 1 rings (SSSR count). The van der Waals surface area contributed by atoms with Gasteiger partial charge in [-0.3, -0.25) is 0 Å². The van der Waals surface area contributed by atoms with Gasteiger partial charge in [0.1, 0.15) is 5.82 Å². The lowest BCUT2D eigenvalue weighted by atomic mass is 10.00.